The maximum atomic E-state index is 14.2. The van der Waals surface area contributed by atoms with E-state index in [1.165, 1.54) is 18.2 Å². The average Bonchev–Trinajstić information content (AvgIpc) is 3.35. The van der Waals surface area contributed by atoms with Gasteiger partial charge < -0.3 is 9.80 Å². The van der Waals surface area contributed by atoms with Gasteiger partial charge in [-0.1, -0.05) is 23.7 Å². The number of carbonyl (C=O) groups is 1. The van der Waals surface area contributed by atoms with Crippen molar-refractivity contribution in [1.82, 2.24) is 14.7 Å². The number of para-hydroxylation sites is 1. The molecule has 1 aliphatic rings. The number of hydrogen-bond donors (Lipinski definition) is 0. The van der Waals surface area contributed by atoms with E-state index < -0.39 is 4.92 Å². The van der Waals surface area contributed by atoms with E-state index in [9.17, 15) is 19.3 Å². The van der Waals surface area contributed by atoms with Crippen molar-refractivity contribution in [2.24, 2.45) is 0 Å². The van der Waals surface area contributed by atoms with E-state index in [2.05, 4.69) is 5.10 Å². The summed E-state index contributed by atoms with van der Waals surface area (Å²) in [6.45, 7) is 1.84. The van der Waals surface area contributed by atoms with Crippen LogP contribution in [0.3, 0.4) is 0 Å². The Morgan fingerprint density at radius 2 is 1.61 bits per heavy atom. The summed E-state index contributed by atoms with van der Waals surface area (Å²) >= 11 is 6.05. The van der Waals surface area contributed by atoms with Crippen molar-refractivity contribution in [2.45, 2.75) is 0 Å². The Morgan fingerprint density at radius 1 is 0.944 bits per heavy atom. The zero-order valence-corrected chi connectivity index (χ0v) is 19.8. The SMILES string of the molecule is O=C(c1cc(-c2ccc([N+](=O)[O-])cc2)nn1-c1ccc(Cl)cc1)N1CCN(c2ccccc2F)CC1. The summed E-state index contributed by atoms with van der Waals surface area (Å²) < 4.78 is 15.8. The minimum atomic E-state index is -0.466. The molecule has 0 unspecified atom stereocenters. The molecule has 2 heterocycles. The Balaban J connectivity index is 1.44. The van der Waals surface area contributed by atoms with Crippen LogP contribution >= 0.6 is 11.6 Å². The lowest BCUT2D eigenvalue weighted by Crippen LogP contribution is -2.49. The fourth-order valence-electron chi connectivity index (χ4n) is 4.23. The van der Waals surface area contributed by atoms with Gasteiger partial charge in [-0.2, -0.15) is 5.10 Å². The van der Waals surface area contributed by atoms with Crippen LogP contribution in [0.5, 0.6) is 0 Å². The summed E-state index contributed by atoms with van der Waals surface area (Å²) in [6, 6.07) is 21.3. The molecule has 0 bridgehead atoms. The molecule has 4 aromatic rings. The fraction of sp³-hybridized carbons (Fsp3) is 0.154. The van der Waals surface area contributed by atoms with E-state index in [1.807, 2.05) is 4.90 Å². The number of halogens is 2. The Hall–Kier alpha value is -4.24. The zero-order chi connectivity index (χ0) is 25.2. The summed E-state index contributed by atoms with van der Waals surface area (Å²) in [7, 11) is 0. The molecule has 8 nitrogen and oxygen atoms in total. The van der Waals surface area contributed by atoms with Crippen molar-refractivity contribution in [1.29, 1.82) is 0 Å². The number of hydrogen-bond acceptors (Lipinski definition) is 5. The van der Waals surface area contributed by atoms with Gasteiger partial charge in [-0.15, -0.1) is 0 Å². The minimum absolute atomic E-state index is 0.0279. The van der Waals surface area contributed by atoms with Crippen LogP contribution < -0.4 is 4.90 Å². The third-order valence-corrected chi connectivity index (χ3v) is 6.39. The highest BCUT2D eigenvalue weighted by Crippen LogP contribution is 2.26. The van der Waals surface area contributed by atoms with Crippen molar-refractivity contribution in [3.63, 3.8) is 0 Å². The summed E-state index contributed by atoms with van der Waals surface area (Å²) in [4.78, 5) is 27.8. The molecule has 1 fully saturated rings. The number of nitrogens with zero attached hydrogens (tertiary/aromatic N) is 5. The monoisotopic (exact) mass is 505 g/mol. The number of rotatable bonds is 5. The van der Waals surface area contributed by atoms with E-state index in [4.69, 9.17) is 11.6 Å². The quantitative estimate of drug-likeness (QED) is 0.275. The van der Waals surface area contributed by atoms with Gasteiger partial charge in [-0.3, -0.25) is 14.9 Å². The average molecular weight is 506 g/mol. The van der Waals surface area contributed by atoms with Crippen molar-refractivity contribution in [3.05, 3.63) is 106 Å². The van der Waals surface area contributed by atoms with E-state index in [-0.39, 0.29) is 17.4 Å². The van der Waals surface area contributed by atoms with Crippen LogP contribution in [0.2, 0.25) is 5.02 Å². The van der Waals surface area contributed by atoms with Crippen molar-refractivity contribution >= 4 is 28.9 Å². The molecule has 0 atom stereocenters. The zero-order valence-electron chi connectivity index (χ0n) is 19.1. The minimum Gasteiger partial charge on any atom is -0.366 e. The van der Waals surface area contributed by atoms with Gasteiger partial charge in [0.15, 0.2) is 0 Å². The molecule has 0 N–H and O–H groups in total. The second kappa shape index (κ2) is 9.79. The Bertz CT molecular complexity index is 1410. The van der Waals surface area contributed by atoms with E-state index in [0.29, 0.717) is 59.5 Å². The molecular weight excluding hydrogens is 485 g/mol. The smallest absolute Gasteiger partial charge is 0.272 e. The predicted molar refractivity (Wildman–Crippen MR) is 135 cm³/mol. The first kappa shape index (κ1) is 23.5. The predicted octanol–water partition coefficient (Wildman–Crippen LogP) is 5.20. The highest BCUT2D eigenvalue weighted by Gasteiger charge is 2.27. The Labute approximate surface area is 211 Å². The van der Waals surface area contributed by atoms with Crippen LogP contribution in [0.15, 0.2) is 78.9 Å². The number of nitro benzene ring substituents is 1. The lowest BCUT2D eigenvalue weighted by Gasteiger charge is -2.36. The molecule has 182 valence electrons. The molecule has 0 aliphatic carbocycles. The number of amides is 1. The number of benzene rings is 3. The molecule has 3 aromatic carbocycles. The molecule has 5 rings (SSSR count). The molecule has 1 saturated heterocycles. The number of piperazine rings is 1. The van der Waals surface area contributed by atoms with Gasteiger partial charge in [0.25, 0.3) is 11.6 Å². The molecular formula is C26H21ClFN5O3. The third-order valence-electron chi connectivity index (χ3n) is 6.13. The number of carbonyl (C=O) groups excluding carboxylic acids is 1. The van der Waals surface area contributed by atoms with Crippen LogP contribution in [0.1, 0.15) is 10.5 Å². The number of aromatic nitrogens is 2. The number of nitro groups is 1. The van der Waals surface area contributed by atoms with Crippen LogP contribution in [-0.2, 0) is 0 Å². The van der Waals surface area contributed by atoms with Crippen LogP contribution in [0.25, 0.3) is 16.9 Å². The standard InChI is InChI=1S/C26H21ClFN5O3/c27-19-7-11-20(12-8-19)32-25(17-23(29-32)18-5-9-21(10-6-18)33(35)36)26(34)31-15-13-30(14-16-31)24-4-2-1-3-22(24)28/h1-12,17H,13-16H2. The lowest BCUT2D eigenvalue weighted by molar-refractivity contribution is -0.384. The molecule has 0 radical (unpaired) electrons. The van der Waals surface area contributed by atoms with Gasteiger partial charge in [0.2, 0.25) is 0 Å². The van der Waals surface area contributed by atoms with E-state index >= 15 is 0 Å². The molecule has 0 spiro atoms. The molecule has 1 aromatic heterocycles. The highest BCUT2D eigenvalue weighted by molar-refractivity contribution is 6.30. The summed E-state index contributed by atoms with van der Waals surface area (Å²) in [6.07, 6.45) is 0. The number of anilines is 1. The van der Waals surface area contributed by atoms with E-state index in [1.54, 1.807) is 70.2 Å². The Morgan fingerprint density at radius 3 is 2.25 bits per heavy atom. The van der Waals surface area contributed by atoms with Crippen molar-refractivity contribution in [2.75, 3.05) is 31.1 Å². The molecule has 10 heteroatoms. The fourth-order valence-corrected chi connectivity index (χ4v) is 4.35. The summed E-state index contributed by atoms with van der Waals surface area (Å²) in [5.74, 6) is -0.496. The number of non-ortho nitro benzene ring substituents is 1. The second-order valence-electron chi connectivity index (χ2n) is 8.34. The molecule has 36 heavy (non-hydrogen) atoms. The molecule has 1 amide bonds. The summed E-state index contributed by atoms with van der Waals surface area (Å²) in [5.41, 5.74) is 2.65. The van der Waals surface area contributed by atoms with Gasteiger partial charge >= 0.3 is 0 Å². The first-order valence-corrected chi connectivity index (χ1v) is 11.7. The van der Waals surface area contributed by atoms with Gasteiger partial charge in [-0.05, 0) is 54.6 Å². The normalized spacial score (nSPS) is 13.6. The van der Waals surface area contributed by atoms with E-state index in [0.717, 1.165) is 0 Å². The van der Waals surface area contributed by atoms with Gasteiger partial charge in [-0.25, -0.2) is 9.07 Å². The maximum Gasteiger partial charge on any atom is 0.272 e. The van der Waals surface area contributed by atoms with Gasteiger partial charge in [0, 0.05) is 48.9 Å². The highest BCUT2D eigenvalue weighted by atomic mass is 35.5. The Kier molecular flexibility index (Phi) is 6.39. The summed E-state index contributed by atoms with van der Waals surface area (Å²) in [5, 5.41) is 16.2. The second-order valence-corrected chi connectivity index (χ2v) is 8.77. The third kappa shape index (κ3) is 4.65. The topological polar surface area (TPSA) is 84.5 Å². The van der Waals surface area contributed by atoms with Crippen molar-refractivity contribution < 1.29 is 14.1 Å². The lowest BCUT2D eigenvalue weighted by atomic mass is 10.1. The largest absolute Gasteiger partial charge is 0.366 e. The van der Waals surface area contributed by atoms with Gasteiger partial charge in [0.1, 0.15) is 11.5 Å². The molecule has 0 saturated carbocycles. The van der Waals surface area contributed by atoms with Crippen LogP contribution in [0.4, 0.5) is 15.8 Å². The maximum absolute atomic E-state index is 14.2. The van der Waals surface area contributed by atoms with Crippen molar-refractivity contribution in [3.8, 4) is 16.9 Å². The van der Waals surface area contributed by atoms with Crippen LogP contribution in [-0.4, -0.2) is 51.7 Å². The van der Waals surface area contributed by atoms with Crippen LogP contribution in [0, 0.1) is 15.9 Å². The van der Waals surface area contributed by atoms with Gasteiger partial charge in [0.05, 0.1) is 22.0 Å². The first-order valence-electron chi connectivity index (χ1n) is 11.3. The first-order chi connectivity index (χ1) is 17.4. The molecule has 1 aliphatic heterocycles.